The number of methoxy groups -OCH3 is 1. The molecule has 3 rings (SSSR count). The zero-order chi connectivity index (χ0) is 22.4. The summed E-state index contributed by atoms with van der Waals surface area (Å²) in [5, 5.41) is 1.80. The minimum Gasteiger partial charge on any atom is -0.497 e. The van der Waals surface area contributed by atoms with Crippen LogP contribution in [0, 0.1) is 0 Å². The van der Waals surface area contributed by atoms with Gasteiger partial charge in [-0.25, -0.2) is 0 Å². The zero-order valence-corrected chi connectivity index (χ0v) is 17.4. The number of hydrogen-bond donors (Lipinski definition) is 1. The van der Waals surface area contributed by atoms with Crippen molar-refractivity contribution >= 4 is 17.2 Å². The fourth-order valence-electron chi connectivity index (χ4n) is 2.83. The predicted molar refractivity (Wildman–Crippen MR) is 111 cm³/mol. The number of nitrogens with two attached hydrogens (primary N) is 1. The molecular formula is C21H20F3N3O3S. The van der Waals surface area contributed by atoms with Gasteiger partial charge in [-0.05, 0) is 67.1 Å². The number of carbonyl (C=O) groups excluding carboxylic acids is 1. The Balaban J connectivity index is 1.93. The molecule has 0 bridgehead atoms. The van der Waals surface area contributed by atoms with E-state index in [2.05, 4.69) is 9.73 Å². The van der Waals surface area contributed by atoms with Crippen LogP contribution in [0.1, 0.15) is 16.8 Å². The van der Waals surface area contributed by atoms with Gasteiger partial charge in [-0.15, -0.1) is 24.5 Å². The molecule has 10 heteroatoms. The van der Waals surface area contributed by atoms with Crippen molar-refractivity contribution in [3.63, 3.8) is 0 Å². The molecule has 6 nitrogen and oxygen atoms in total. The Labute approximate surface area is 180 Å². The van der Waals surface area contributed by atoms with Crippen LogP contribution in [0.25, 0.3) is 11.3 Å². The molecule has 1 aromatic heterocycles. The zero-order valence-electron chi connectivity index (χ0n) is 16.6. The minimum atomic E-state index is -4.75. The summed E-state index contributed by atoms with van der Waals surface area (Å²) in [7, 11) is 1.54. The summed E-state index contributed by atoms with van der Waals surface area (Å²) < 4.78 is 48.0. The number of hydrogen-bond acceptors (Lipinski definition) is 5. The smallest absolute Gasteiger partial charge is 0.497 e. The second kappa shape index (κ2) is 9.80. The van der Waals surface area contributed by atoms with Crippen LogP contribution < -0.4 is 20.0 Å². The molecule has 1 heterocycles. The van der Waals surface area contributed by atoms with E-state index in [1.807, 2.05) is 4.57 Å². The Kier molecular flexibility index (Phi) is 7.13. The average molecular weight is 451 g/mol. The highest BCUT2D eigenvalue weighted by Crippen LogP contribution is 2.27. The molecular weight excluding hydrogens is 431 g/mol. The van der Waals surface area contributed by atoms with Gasteiger partial charge in [-0.2, -0.15) is 4.99 Å². The number of amides is 1. The van der Waals surface area contributed by atoms with E-state index >= 15 is 0 Å². The Hall–Kier alpha value is -3.11. The van der Waals surface area contributed by atoms with E-state index in [0.717, 1.165) is 5.69 Å². The van der Waals surface area contributed by atoms with Gasteiger partial charge >= 0.3 is 6.36 Å². The number of halogens is 3. The van der Waals surface area contributed by atoms with Crippen LogP contribution in [0.3, 0.4) is 0 Å². The number of aromatic nitrogens is 1. The molecule has 0 aliphatic heterocycles. The first-order chi connectivity index (χ1) is 14.8. The maximum atomic E-state index is 12.6. The Morgan fingerprint density at radius 2 is 1.74 bits per heavy atom. The van der Waals surface area contributed by atoms with Crippen molar-refractivity contribution < 1.29 is 27.4 Å². The van der Waals surface area contributed by atoms with Crippen LogP contribution in [-0.4, -0.2) is 30.5 Å². The lowest BCUT2D eigenvalue weighted by molar-refractivity contribution is -0.274. The first-order valence-corrected chi connectivity index (χ1v) is 10.2. The summed E-state index contributed by atoms with van der Waals surface area (Å²) in [5.41, 5.74) is 7.44. The molecule has 0 aliphatic carbocycles. The van der Waals surface area contributed by atoms with Gasteiger partial charge in [0.2, 0.25) is 0 Å². The van der Waals surface area contributed by atoms with E-state index in [4.69, 9.17) is 10.5 Å². The summed E-state index contributed by atoms with van der Waals surface area (Å²) in [4.78, 5) is 17.3. The number of benzene rings is 2. The maximum Gasteiger partial charge on any atom is 0.573 e. The van der Waals surface area contributed by atoms with Crippen LogP contribution in [0.4, 0.5) is 13.2 Å². The lowest BCUT2D eigenvalue weighted by Crippen LogP contribution is -2.20. The molecule has 0 fully saturated rings. The van der Waals surface area contributed by atoms with Crippen molar-refractivity contribution in [2.24, 2.45) is 10.7 Å². The summed E-state index contributed by atoms with van der Waals surface area (Å²) in [6, 6.07) is 12.1. The quantitative estimate of drug-likeness (QED) is 0.584. The van der Waals surface area contributed by atoms with Crippen LogP contribution in [0.5, 0.6) is 11.5 Å². The van der Waals surface area contributed by atoms with Crippen LogP contribution in [-0.2, 0) is 6.54 Å². The van der Waals surface area contributed by atoms with Gasteiger partial charge in [0.25, 0.3) is 5.91 Å². The molecule has 0 spiro atoms. The molecule has 164 valence electrons. The standard InChI is InChI=1S/C21H20F3N3O3S/c1-29-16-7-5-15(6-8-16)19(28)26-20-27(12-2-11-25)18(13-31-20)14-3-9-17(10-4-14)30-21(22,23)24/h3-10,13H,2,11-12,25H2,1H3/b26-20-. The third-order valence-electron chi connectivity index (χ3n) is 4.30. The molecule has 0 aliphatic rings. The van der Waals surface area contributed by atoms with Crippen molar-refractivity contribution in [2.45, 2.75) is 19.3 Å². The monoisotopic (exact) mass is 451 g/mol. The maximum absolute atomic E-state index is 12.6. The highest BCUT2D eigenvalue weighted by atomic mass is 32.1. The van der Waals surface area contributed by atoms with Gasteiger partial charge in [0.05, 0.1) is 12.8 Å². The SMILES string of the molecule is COc1ccc(C(=O)/N=c2\scc(-c3ccc(OC(F)(F)F)cc3)n2CCCN)cc1. The molecule has 2 N–H and O–H groups in total. The summed E-state index contributed by atoms with van der Waals surface area (Å²) in [6.07, 6.45) is -4.11. The van der Waals surface area contributed by atoms with E-state index in [1.165, 1.54) is 42.7 Å². The largest absolute Gasteiger partial charge is 0.573 e. The second-order valence-electron chi connectivity index (χ2n) is 6.42. The molecule has 2 aromatic carbocycles. The van der Waals surface area contributed by atoms with E-state index in [9.17, 15) is 18.0 Å². The van der Waals surface area contributed by atoms with Gasteiger partial charge in [0, 0.05) is 17.5 Å². The molecule has 31 heavy (non-hydrogen) atoms. The highest BCUT2D eigenvalue weighted by Gasteiger charge is 2.31. The fourth-order valence-corrected chi connectivity index (χ4v) is 3.76. The topological polar surface area (TPSA) is 78.8 Å². The van der Waals surface area contributed by atoms with Crippen molar-refractivity contribution in [1.29, 1.82) is 0 Å². The molecule has 0 saturated heterocycles. The van der Waals surface area contributed by atoms with E-state index in [-0.39, 0.29) is 5.75 Å². The molecule has 0 saturated carbocycles. The molecule has 1 amide bonds. The van der Waals surface area contributed by atoms with Crippen molar-refractivity contribution in [3.8, 4) is 22.8 Å². The van der Waals surface area contributed by atoms with Crippen LogP contribution in [0.15, 0.2) is 58.9 Å². The molecule has 3 aromatic rings. The number of rotatable bonds is 7. The number of carbonyl (C=O) groups is 1. The lowest BCUT2D eigenvalue weighted by Gasteiger charge is -2.11. The summed E-state index contributed by atoms with van der Waals surface area (Å²) in [5.74, 6) is -0.0861. The number of nitrogens with zero attached hydrogens (tertiary/aromatic N) is 2. The lowest BCUT2D eigenvalue weighted by atomic mass is 10.1. The first kappa shape index (κ1) is 22.6. The fraction of sp³-hybridized carbons (Fsp3) is 0.238. The summed E-state index contributed by atoms with van der Waals surface area (Å²) >= 11 is 1.27. The molecule has 0 radical (unpaired) electrons. The normalized spacial score (nSPS) is 12.1. The highest BCUT2D eigenvalue weighted by molar-refractivity contribution is 7.07. The minimum absolute atomic E-state index is 0.306. The second-order valence-corrected chi connectivity index (χ2v) is 7.25. The Morgan fingerprint density at radius 1 is 1.10 bits per heavy atom. The third-order valence-corrected chi connectivity index (χ3v) is 5.16. The van der Waals surface area contributed by atoms with Crippen LogP contribution in [0.2, 0.25) is 0 Å². The van der Waals surface area contributed by atoms with Crippen molar-refractivity contribution in [3.05, 3.63) is 64.3 Å². The number of alkyl halides is 3. The third kappa shape index (κ3) is 5.96. The number of thiazole rings is 1. The van der Waals surface area contributed by atoms with Gasteiger partial charge < -0.3 is 19.8 Å². The Morgan fingerprint density at radius 3 is 2.32 bits per heavy atom. The van der Waals surface area contributed by atoms with E-state index in [0.29, 0.717) is 41.2 Å². The van der Waals surface area contributed by atoms with Crippen molar-refractivity contribution in [2.75, 3.05) is 13.7 Å². The number of ether oxygens (including phenoxy) is 2. The van der Waals surface area contributed by atoms with Gasteiger partial charge in [0.1, 0.15) is 11.5 Å². The average Bonchev–Trinajstić information content (AvgIpc) is 3.14. The summed E-state index contributed by atoms with van der Waals surface area (Å²) in [6.45, 7) is 0.942. The molecule has 0 unspecified atom stereocenters. The van der Waals surface area contributed by atoms with Crippen LogP contribution >= 0.6 is 11.3 Å². The van der Waals surface area contributed by atoms with Gasteiger partial charge in [-0.1, -0.05) is 0 Å². The van der Waals surface area contributed by atoms with Gasteiger partial charge in [-0.3, -0.25) is 4.79 Å². The van der Waals surface area contributed by atoms with E-state index in [1.54, 1.807) is 29.6 Å². The predicted octanol–water partition coefficient (Wildman–Crippen LogP) is 4.21. The van der Waals surface area contributed by atoms with E-state index < -0.39 is 12.3 Å². The van der Waals surface area contributed by atoms with Crippen molar-refractivity contribution in [1.82, 2.24) is 4.57 Å². The Bertz CT molecular complexity index is 1090. The molecule has 0 atom stereocenters. The van der Waals surface area contributed by atoms with Gasteiger partial charge in [0.15, 0.2) is 4.80 Å². The first-order valence-electron chi connectivity index (χ1n) is 9.28.